The van der Waals surface area contributed by atoms with Gasteiger partial charge in [-0.15, -0.1) is 12.4 Å². The molecule has 2 aliphatic rings. The Hall–Kier alpha value is -1.27. The number of nitrogens with two attached hydrogens (primary N) is 1. The van der Waals surface area contributed by atoms with Crippen molar-refractivity contribution in [2.24, 2.45) is 17.6 Å². The lowest BCUT2D eigenvalue weighted by atomic mass is 9.98. The Morgan fingerprint density at radius 2 is 1.95 bits per heavy atom. The van der Waals surface area contributed by atoms with Crippen LogP contribution in [0.5, 0.6) is 0 Å². The summed E-state index contributed by atoms with van der Waals surface area (Å²) < 4.78 is 38.1. The number of alkyl halides is 3. The number of benzene rings is 1. The quantitative estimate of drug-likeness (QED) is 0.858. The number of hydrogen-bond donors (Lipinski definition) is 1. The Kier molecular flexibility index (Phi) is 4.73. The molecular formula is C15H18ClF3N2O. The number of likely N-dealkylation sites (tertiary alicyclic amines) is 1. The van der Waals surface area contributed by atoms with E-state index in [0.717, 1.165) is 25.0 Å². The SMILES string of the molecule is Cl.NC1CCC2CN(C(=O)c3cccc(C(F)(F)F)c3)CC12. The van der Waals surface area contributed by atoms with E-state index in [0.29, 0.717) is 24.9 Å². The van der Waals surface area contributed by atoms with E-state index in [4.69, 9.17) is 5.73 Å². The van der Waals surface area contributed by atoms with Crippen molar-refractivity contribution in [2.75, 3.05) is 13.1 Å². The van der Waals surface area contributed by atoms with Crippen molar-refractivity contribution < 1.29 is 18.0 Å². The highest BCUT2D eigenvalue weighted by Crippen LogP contribution is 2.38. The smallest absolute Gasteiger partial charge is 0.338 e. The van der Waals surface area contributed by atoms with Crippen LogP contribution in [0.3, 0.4) is 0 Å². The number of rotatable bonds is 1. The third kappa shape index (κ3) is 3.08. The van der Waals surface area contributed by atoms with Crippen molar-refractivity contribution in [3.63, 3.8) is 0 Å². The molecule has 1 saturated heterocycles. The van der Waals surface area contributed by atoms with Crippen molar-refractivity contribution >= 4 is 18.3 Å². The van der Waals surface area contributed by atoms with Gasteiger partial charge < -0.3 is 10.6 Å². The second kappa shape index (κ2) is 6.08. The lowest BCUT2D eigenvalue weighted by Crippen LogP contribution is -2.33. The van der Waals surface area contributed by atoms with Gasteiger partial charge >= 0.3 is 6.18 Å². The molecule has 7 heteroatoms. The number of nitrogens with zero attached hydrogens (tertiary/aromatic N) is 1. The molecular weight excluding hydrogens is 317 g/mol. The first-order valence-electron chi connectivity index (χ1n) is 7.08. The zero-order valence-electron chi connectivity index (χ0n) is 11.8. The third-order valence-corrected chi connectivity index (χ3v) is 4.64. The van der Waals surface area contributed by atoms with Crippen LogP contribution in [0.1, 0.15) is 28.8 Å². The van der Waals surface area contributed by atoms with Gasteiger partial charge in [-0.2, -0.15) is 13.2 Å². The van der Waals surface area contributed by atoms with E-state index in [2.05, 4.69) is 0 Å². The van der Waals surface area contributed by atoms with Crippen molar-refractivity contribution in [2.45, 2.75) is 25.1 Å². The van der Waals surface area contributed by atoms with Crippen molar-refractivity contribution in [1.82, 2.24) is 4.90 Å². The van der Waals surface area contributed by atoms with Crippen LogP contribution in [0.15, 0.2) is 24.3 Å². The minimum atomic E-state index is -4.43. The van der Waals surface area contributed by atoms with Gasteiger partial charge in [-0.25, -0.2) is 0 Å². The summed E-state index contributed by atoms with van der Waals surface area (Å²) in [5.41, 5.74) is 5.32. The molecule has 3 rings (SSSR count). The van der Waals surface area contributed by atoms with Crippen LogP contribution >= 0.6 is 12.4 Å². The van der Waals surface area contributed by atoms with Crippen LogP contribution in [0, 0.1) is 11.8 Å². The maximum atomic E-state index is 12.7. The summed E-state index contributed by atoms with van der Waals surface area (Å²) in [6.07, 6.45) is -2.46. The Labute approximate surface area is 133 Å². The fourth-order valence-electron chi connectivity index (χ4n) is 3.48. The molecule has 3 atom stereocenters. The first-order chi connectivity index (χ1) is 9.86. The summed E-state index contributed by atoms with van der Waals surface area (Å²) >= 11 is 0. The van der Waals surface area contributed by atoms with Gasteiger partial charge in [0, 0.05) is 24.7 Å². The first kappa shape index (κ1) is 17.1. The topological polar surface area (TPSA) is 46.3 Å². The van der Waals surface area contributed by atoms with E-state index in [1.165, 1.54) is 12.1 Å². The van der Waals surface area contributed by atoms with Gasteiger partial charge in [0.1, 0.15) is 0 Å². The van der Waals surface area contributed by atoms with Crippen LogP contribution in [0.2, 0.25) is 0 Å². The summed E-state index contributed by atoms with van der Waals surface area (Å²) in [5.74, 6) is 0.359. The van der Waals surface area contributed by atoms with E-state index in [9.17, 15) is 18.0 Å². The molecule has 1 aromatic carbocycles. The Morgan fingerprint density at radius 3 is 2.59 bits per heavy atom. The predicted octanol–water partition coefficient (Wildman–Crippen LogP) is 2.94. The zero-order valence-corrected chi connectivity index (χ0v) is 12.7. The number of carbonyl (C=O) groups is 1. The molecule has 2 N–H and O–H groups in total. The average molecular weight is 335 g/mol. The summed E-state index contributed by atoms with van der Waals surface area (Å²) in [4.78, 5) is 14.0. The van der Waals surface area contributed by atoms with E-state index in [-0.39, 0.29) is 29.9 Å². The minimum Gasteiger partial charge on any atom is -0.338 e. The molecule has 1 aliphatic heterocycles. The molecule has 3 nitrogen and oxygen atoms in total. The molecule has 1 heterocycles. The number of hydrogen-bond acceptors (Lipinski definition) is 2. The second-order valence-corrected chi connectivity index (χ2v) is 5.95. The molecule has 122 valence electrons. The molecule has 1 amide bonds. The molecule has 0 radical (unpaired) electrons. The monoisotopic (exact) mass is 334 g/mol. The van der Waals surface area contributed by atoms with Crippen LogP contribution in [0.25, 0.3) is 0 Å². The Morgan fingerprint density at radius 1 is 1.23 bits per heavy atom. The van der Waals surface area contributed by atoms with Gasteiger partial charge in [0.2, 0.25) is 0 Å². The first-order valence-corrected chi connectivity index (χ1v) is 7.08. The fraction of sp³-hybridized carbons (Fsp3) is 0.533. The largest absolute Gasteiger partial charge is 0.416 e. The summed E-state index contributed by atoms with van der Waals surface area (Å²) in [6.45, 7) is 1.16. The Bertz CT molecular complexity index is 564. The third-order valence-electron chi connectivity index (χ3n) is 4.64. The highest BCUT2D eigenvalue weighted by molar-refractivity contribution is 5.94. The zero-order chi connectivity index (χ0) is 15.2. The van der Waals surface area contributed by atoms with Gasteiger partial charge in [0.05, 0.1) is 5.56 Å². The van der Waals surface area contributed by atoms with Crippen LogP contribution < -0.4 is 5.73 Å². The summed E-state index contributed by atoms with van der Waals surface area (Å²) in [7, 11) is 0. The van der Waals surface area contributed by atoms with E-state index in [1.54, 1.807) is 4.90 Å². The van der Waals surface area contributed by atoms with E-state index >= 15 is 0 Å². The maximum absolute atomic E-state index is 12.7. The molecule has 22 heavy (non-hydrogen) atoms. The molecule has 1 saturated carbocycles. The number of fused-ring (bicyclic) bond motifs is 1. The second-order valence-electron chi connectivity index (χ2n) is 5.95. The normalized spacial score (nSPS) is 27.5. The molecule has 0 bridgehead atoms. The van der Waals surface area contributed by atoms with Crippen molar-refractivity contribution in [3.8, 4) is 0 Å². The lowest BCUT2D eigenvalue weighted by Gasteiger charge is -2.19. The van der Waals surface area contributed by atoms with E-state index in [1.807, 2.05) is 0 Å². The van der Waals surface area contributed by atoms with Gasteiger partial charge in [-0.3, -0.25) is 4.79 Å². The van der Waals surface area contributed by atoms with Gasteiger partial charge in [-0.05, 0) is 42.9 Å². The number of amides is 1. The van der Waals surface area contributed by atoms with Gasteiger partial charge in [0.25, 0.3) is 5.91 Å². The van der Waals surface area contributed by atoms with Crippen LogP contribution in [-0.2, 0) is 6.18 Å². The average Bonchev–Trinajstić information content (AvgIpc) is 3.00. The molecule has 0 spiro atoms. The summed E-state index contributed by atoms with van der Waals surface area (Å²) in [5, 5.41) is 0. The van der Waals surface area contributed by atoms with Crippen molar-refractivity contribution in [3.05, 3.63) is 35.4 Å². The fourth-order valence-corrected chi connectivity index (χ4v) is 3.48. The highest BCUT2D eigenvalue weighted by atomic mass is 35.5. The highest BCUT2D eigenvalue weighted by Gasteiger charge is 2.42. The molecule has 2 fully saturated rings. The standard InChI is InChI=1S/C15H17F3N2O.ClH/c16-15(17,18)11-3-1-2-9(6-11)14(21)20-7-10-4-5-13(19)12(10)8-20;/h1-3,6,10,12-13H,4-5,7-8,19H2;1H. The van der Waals surface area contributed by atoms with Gasteiger partial charge in [-0.1, -0.05) is 6.07 Å². The summed E-state index contributed by atoms with van der Waals surface area (Å²) in [6, 6.07) is 4.72. The van der Waals surface area contributed by atoms with Crippen LogP contribution in [-0.4, -0.2) is 29.9 Å². The predicted molar refractivity (Wildman–Crippen MR) is 78.8 cm³/mol. The minimum absolute atomic E-state index is 0. The van der Waals surface area contributed by atoms with E-state index < -0.39 is 11.7 Å². The number of halogens is 4. The van der Waals surface area contributed by atoms with Gasteiger partial charge in [0.15, 0.2) is 0 Å². The molecule has 1 aromatic rings. The van der Waals surface area contributed by atoms with Crippen LogP contribution in [0.4, 0.5) is 13.2 Å². The lowest BCUT2D eigenvalue weighted by molar-refractivity contribution is -0.137. The maximum Gasteiger partial charge on any atom is 0.416 e. The van der Waals surface area contributed by atoms with Crippen molar-refractivity contribution in [1.29, 1.82) is 0 Å². The Balaban J connectivity index is 0.00000176. The molecule has 1 aliphatic carbocycles. The molecule has 0 aromatic heterocycles. The molecule has 3 unspecified atom stereocenters. The number of carbonyl (C=O) groups excluding carboxylic acids is 1.